The molecule has 1 heterocycles. The highest BCUT2D eigenvalue weighted by Crippen LogP contribution is 2.26. The molecule has 0 aliphatic carbocycles. The van der Waals surface area contributed by atoms with Gasteiger partial charge < -0.3 is 19.7 Å². The topological polar surface area (TPSA) is 67.9 Å². The number of likely N-dealkylation sites (tertiary alicyclic amines) is 1. The summed E-state index contributed by atoms with van der Waals surface area (Å²) >= 11 is 0. The van der Waals surface area contributed by atoms with E-state index in [1.165, 1.54) is 0 Å². The lowest BCUT2D eigenvalue weighted by Crippen LogP contribution is -2.46. The highest BCUT2D eigenvalue weighted by molar-refractivity contribution is 5.94. The molecule has 1 aliphatic rings. The van der Waals surface area contributed by atoms with Crippen molar-refractivity contribution in [1.29, 1.82) is 0 Å². The first-order valence-electron chi connectivity index (χ1n) is 9.94. The zero-order chi connectivity index (χ0) is 20.8. The standard InChI is InChI=1S/C23H28N2O4/c1-16-7-6-8-19(15-16)29-17(2)23(27)25-13-11-18(12-14-25)22(26)24-20-9-4-5-10-21(20)28-3/h4-10,15,17-18H,11-14H2,1-3H3,(H,24,26). The Kier molecular flexibility index (Phi) is 6.75. The third kappa shape index (κ3) is 5.28. The molecule has 1 atom stereocenters. The molecule has 2 aromatic rings. The van der Waals surface area contributed by atoms with Crippen molar-refractivity contribution in [3.8, 4) is 11.5 Å². The SMILES string of the molecule is COc1ccccc1NC(=O)C1CCN(C(=O)C(C)Oc2cccc(C)c2)CC1. The molecule has 0 aromatic heterocycles. The molecular formula is C23H28N2O4. The van der Waals surface area contributed by atoms with Crippen molar-refractivity contribution in [1.82, 2.24) is 4.90 Å². The van der Waals surface area contributed by atoms with Gasteiger partial charge >= 0.3 is 0 Å². The van der Waals surface area contributed by atoms with Crippen LogP contribution in [0.2, 0.25) is 0 Å². The first-order chi connectivity index (χ1) is 14.0. The van der Waals surface area contributed by atoms with Crippen molar-refractivity contribution in [2.45, 2.75) is 32.8 Å². The number of aryl methyl sites for hydroxylation is 1. The maximum atomic E-state index is 12.7. The fourth-order valence-corrected chi connectivity index (χ4v) is 3.55. The Morgan fingerprint density at radius 3 is 2.52 bits per heavy atom. The van der Waals surface area contributed by atoms with E-state index in [2.05, 4.69) is 5.32 Å². The summed E-state index contributed by atoms with van der Waals surface area (Å²) in [6.45, 7) is 4.85. The molecule has 1 fully saturated rings. The Hall–Kier alpha value is -3.02. The van der Waals surface area contributed by atoms with Crippen molar-refractivity contribution in [3.63, 3.8) is 0 Å². The van der Waals surface area contributed by atoms with Gasteiger partial charge in [0.05, 0.1) is 12.8 Å². The molecule has 0 radical (unpaired) electrons. The number of carbonyl (C=O) groups is 2. The zero-order valence-electron chi connectivity index (χ0n) is 17.2. The first-order valence-corrected chi connectivity index (χ1v) is 9.94. The van der Waals surface area contributed by atoms with E-state index in [0.29, 0.717) is 43.1 Å². The quantitative estimate of drug-likeness (QED) is 0.809. The first kappa shape index (κ1) is 20.7. The number of hydrogen-bond donors (Lipinski definition) is 1. The van der Waals surface area contributed by atoms with Gasteiger partial charge in [0.15, 0.2) is 6.10 Å². The monoisotopic (exact) mass is 396 g/mol. The second kappa shape index (κ2) is 9.45. The molecular weight excluding hydrogens is 368 g/mol. The van der Waals surface area contributed by atoms with Crippen molar-refractivity contribution < 1.29 is 19.1 Å². The Labute approximate surface area is 171 Å². The largest absolute Gasteiger partial charge is 0.495 e. The van der Waals surface area contributed by atoms with Gasteiger partial charge in [0.25, 0.3) is 5.91 Å². The summed E-state index contributed by atoms with van der Waals surface area (Å²) in [4.78, 5) is 27.1. The number of amides is 2. The van der Waals surface area contributed by atoms with Crippen molar-refractivity contribution in [3.05, 3.63) is 54.1 Å². The molecule has 0 bridgehead atoms. The number of anilines is 1. The van der Waals surface area contributed by atoms with Crippen molar-refractivity contribution in [2.75, 3.05) is 25.5 Å². The summed E-state index contributed by atoms with van der Waals surface area (Å²) in [5, 5.41) is 2.94. The number of nitrogens with one attached hydrogen (secondary N) is 1. The third-order valence-corrected chi connectivity index (χ3v) is 5.19. The minimum absolute atomic E-state index is 0.0364. The minimum atomic E-state index is -0.559. The molecule has 1 aliphatic heterocycles. The fraction of sp³-hybridized carbons (Fsp3) is 0.391. The van der Waals surface area contributed by atoms with Gasteiger partial charge in [0.2, 0.25) is 5.91 Å². The van der Waals surface area contributed by atoms with Crippen LogP contribution in [0.25, 0.3) is 0 Å². The highest BCUT2D eigenvalue weighted by Gasteiger charge is 2.30. The molecule has 6 nitrogen and oxygen atoms in total. The van der Waals surface area contributed by atoms with Crippen LogP contribution >= 0.6 is 0 Å². The lowest BCUT2D eigenvalue weighted by Gasteiger charge is -2.33. The van der Waals surface area contributed by atoms with Crippen molar-refractivity contribution >= 4 is 17.5 Å². The molecule has 1 N–H and O–H groups in total. The van der Waals surface area contributed by atoms with E-state index >= 15 is 0 Å². The third-order valence-electron chi connectivity index (χ3n) is 5.19. The van der Waals surface area contributed by atoms with Crippen LogP contribution < -0.4 is 14.8 Å². The van der Waals surface area contributed by atoms with Crippen LogP contribution in [0, 0.1) is 12.8 Å². The molecule has 3 rings (SSSR count). The molecule has 1 unspecified atom stereocenters. The van der Waals surface area contributed by atoms with Crippen molar-refractivity contribution in [2.24, 2.45) is 5.92 Å². The number of piperidine rings is 1. The number of methoxy groups -OCH3 is 1. The van der Waals surface area contributed by atoms with Crippen LogP contribution in [0.4, 0.5) is 5.69 Å². The van der Waals surface area contributed by atoms with Crippen LogP contribution in [-0.2, 0) is 9.59 Å². The second-order valence-corrected chi connectivity index (χ2v) is 7.37. The predicted molar refractivity (Wildman–Crippen MR) is 112 cm³/mol. The van der Waals surface area contributed by atoms with Gasteiger partial charge in [-0.1, -0.05) is 24.3 Å². The van der Waals surface area contributed by atoms with Gasteiger partial charge in [0, 0.05) is 19.0 Å². The molecule has 6 heteroatoms. The Morgan fingerprint density at radius 1 is 1.10 bits per heavy atom. The second-order valence-electron chi connectivity index (χ2n) is 7.37. The average molecular weight is 396 g/mol. The maximum Gasteiger partial charge on any atom is 0.263 e. The van der Waals surface area contributed by atoms with Crippen LogP contribution in [0.3, 0.4) is 0 Å². The van der Waals surface area contributed by atoms with E-state index in [1.807, 2.05) is 55.5 Å². The normalized spacial score (nSPS) is 15.5. The minimum Gasteiger partial charge on any atom is -0.495 e. The molecule has 1 saturated heterocycles. The lowest BCUT2D eigenvalue weighted by atomic mass is 9.95. The Bertz CT molecular complexity index is 859. The van der Waals surface area contributed by atoms with Gasteiger partial charge in [-0.05, 0) is 56.5 Å². The van der Waals surface area contributed by atoms with E-state index in [9.17, 15) is 9.59 Å². The lowest BCUT2D eigenvalue weighted by molar-refractivity contribution is -0.140. The summed E-state index contributed by atoms with van der Waals surface area (Å²) in [6.07, 6.45) is 0.698. The summed E-state index contributed by atoms with van der Waals surface area (Å²) in [5.74, 6) is 1.12. The maximum absolute atomic E-state index is 12.7. The molecule has 29 heavy (non-hydrogen) atoms. The number of rotatable bonds is 6. The summed E-state index contributed by atoms with van der Waals surface area (Å²) in [5.41, 5.74) is 1.75. The summed E-state index contributed by atoms with van der Waals surface area (Å²) in [7, 11) is 1.58. The number of para-hydroxylation sites is 2. The molecule has 2 amide bonds. The Morgan fingerprint density at radius 2 is 1.83 bits per heavy atom. The predicted octanol–water partition coefficient (Wildman–Crippen LogP) is 3.65. The van der Waals surface area contributed by atoms with E-state index in [0.717, 1.165) is 5.56 Å². The molecule has 2 aromatic carbocycles. The Balaban J connectivity index is 1.51. The van der Waals surface area contributed by atoms with Crippen LogP contribution in [0.15, 0.2) is 48.5 Å². The number of nitrogens with zero attached hydrogens (tertiary/aromatic N) is 1. The number of benzene rings is 2. The van der Waals surface area contributed by atoms with Gasteiger partial charge in [0.1, 0.15) is 11.5 Å². The van der Waals surface area contributed by atoms with Gasteiger partial charge in [-0.25, -0.2) is 0 Å². The number of carbonyl (C=O) groups excluding carboxylic acids is 2. The smallest absolute Gasteiger partial charge is 0.263 e. The van der Waals surface area contributed by atoms with Crippen LogP contribution in [-0.4, -0.2) is 43.0 Å². The zero-order valence-corrected chi connectivity index (χ0v) is 17.2. The average Bonchev–Trinajstić information content (AvgIpc) is 2.73. The molecule has 154 valence electrons. The van der Waals surface area contributed by atoms with Crippen LogP contribution in [0.5, 0.6) is 11.5 Å². The summed E-state index contributed by atoms with van der Waals surface area (Å²) in [6, 6.07) is 15.0. The van der Waals surface area contributed by atoms with Gasteiger partial charge in [-0.3, -0.25) is 9.59 Å². The van der Waals surface area contributed by atoms with E-state index < -0.39 is 6.10 Å². The fourth-order valence-electron chi connectivity index (χ4n) is 3.55. The molecule has 0 spiro atoms. The van der Waals surface area contributed by atoms with Gasteiger partial charge in [-0.15, -0.1) is 0 Å². The molecule has 0 saturated carbocycles. The van der Waals surface area contributed by atoms with E-state index in [1.54, 1.807) is 18.9 Å². The van der Waals surface area contributed by atoms with E-state index in [4.69, 9.17) is 9.47 Å². The van der Waals surface area contributed by atoms with E-state index in [-0.39, 0.29) is 17.7 Å². The highest BCUT2D eigenvalue weighted by atomic mass is 16.5. The summed E-state index contributed by atoms with van der Waals surface area (Å²) < 4.78 is 11.1. The van der Waals surface area contributed by atoms with Crippen LogP contribution in [0.1, 0.15) is 25.3 Å². The number of hydrogen-bond acceptors (Lipinski definition) is 4. The number of ether oxygens (including phenoxy) is 2. The van der Waals surface area contributed by atoms with Gasteiger partial charge in [-0.2, -0.15) is 0 Å².